The average molecular weight is 844 g/mol. The van der Waals surface area contributed by atoms with Crippen LogP contribution in [0.15, 0.2) is 174 Å². The van der Waals surface area contributed by atoms with Gasteiger partial charge in [-0.25, -0.2) is 0 Å². The summed E-state index contributed by atoms with van der Waals surface area (Å²) in [6.45, 7) is 14.5. The second-order valence-corrected chi connectivity index (χ2v) is 21.2. The predicted octanol–water partition coefficient (Wildman–Crippen LogP) is 14.5. The lowest BCUT2D eigenvalue weighted by molar-refractivity contribution is 0.660. The SMILES string of the molecule is CC1(C)c2ccccc2-c2ccc(N3c4cc5c(cc4B4c6cc7c(cc6-c6cc(-c8cccc9oc%10ccccc%10c89)cc3c64)C(C)(C)c3ccccc3-7)-c3ccccc3C5(C)C)cc21. The third-order valence-corrected chi connectivity index (χ3v) is 16.9. The summed E-state index contributed by atoms with van der Waals surface area (Å²) in [7, 11) is 0. The first-order valence-corrected chi connectivity index (χ1v) is 23.7. The van der Waals surface area contributed by atoms with Crippen LogP contribution in [0.4, 0.5) is 17.1 Å². The predicted molar refractivity (Wildman–Crippen MR) is 277 cm³/mol. The lowest BCUT2D eigenvalue weighted by atomic mass is 9.36. The van der Waals surface area contributed by atoms with Crippen LogP contribution in [-0.2, 0) is 16.2 Å². The molecule has 66 heavy (non-hydrogen) atoms. The number of rotatable bonds is 2. The molecule has 0 unspecified atom stereocenters. The molecule has 0 saturated heterocycles. The van der Waals surface area contributed by atoms with Crippen LogP contribution in [-0.4, -0.2) is 6.71 Å². The molecule has 15 rings (SSSR count). The van der Waals surface area contributed by atoms with Crippen molar-refractivity contribution in [2.45, 2.75) is 57.8 Å². The number of furan rings is 1. The topological polar surface area (TPSA) is 16.4 Å². The van der Waals surface area contributed by atoms with Gasteiger partial charge in [0.2, 0.25) is 6.71 Å². The number of anilines is 3. The van der Waals surface area contributed by atoms with Crippen molar-refractivity contribution in [2.75, 3.05) is 4.90 Å². The molecule has 2 nitrogen and oxygen atoms in total. The summed E-state index contributed by atoms with van der Waals surface area (Å²) in [5.74, 6) is 0. The molecule has 0 amide bonds. The fourth-order valence-corrected chi connectivity index (χ4v) is 13.7. The first-order chi connectivity index (χ1) is 32.0. The fourth-order valence-electron chi connectivity index (χ4n) is 13.7. The summed E-state index contributed by atoms with van der Waals surface area (Å²) < 4.78 is 6.56. The van der Waals surface area contributed by atoms with Gasteiger partial charge in [0, 0.05) is 44.1 Å². The molecule has 9 aromatic carbocycles. The zero-order valence-electron chi connectivity index (χ0n) is 38.1. The van der Waals surface area contributed by atoms with E-state index < -0.39 is 0 Å². The smallest absolute Gasteiger partial charge is 0.248 e. The molecule has 3 heteroatoms. The minimum absolute atomic E-state index is 0.0494. The van der Waals surface area contributed by atoms with Gasteiger partial charge in [-0.2, -0.15) is 0 Å². The maximum Gasteiger partial charge on any atom is 0.248 e. The monoisotopic (exact) mass is 843 g/mol. The third kappa shape index (κ3) is 4.40. The highest BCUT2D eigenvalue weighted by molar-refractivity contribution is 7.01. The maximum atomic E-state index is 6.56. The summed E-state index contributed by atoms with van der Waals surface area (Å²) in [6.07, 6.45) is 0. The zero-order chi connectivity index (χ0) is 44.2. The number of para-hydroxylation sites is 1. The molecule has 2 aliphatic heterocycles. The molecule has 0 saturated carbocycles. The van der Waals surface area contributed by atoms with Crippen LogP contribution in [0.25, 0.3) is 77.6 Å². The van der Waals surface area contributed by atoms with Crippen LogP contribution in [0, 0.1) is 0 Å². The van der Waals surface area contributed by atoms with Crippen LogP contribution in [0.5, 0.6) is 0 Å². The summed E-state index contributed by atoms with van der Waals surface area (Å²) in [4.78, 5) is 2.65. The van der Waals surface area contributed by atoms with E-state index >= 15 is 0 Å². The van der Waals surface area contributed by atoms with Gasteiger partial charge in [-0.3, -0.25) is 0 Å². The standard InChI is InChI=1S/C63H46BNO/c1-61(2)47-21-11-7-16-38(47)41-27-26-36(30-50(41)61)65-55-34-52-44(40-18-9-13-23-49(40)63(52,5)6)33-54(55)64-53-32-43-39-17-8-12-22-48(39)62(3,4)51(43)31-45(53)46-28-35(29-56(65)60(46)64)37-20-15-25-58-59(37)42-19-10-14-24-57(42)66-58/h7-34H,1-6H3. The van der Waals surface area contributed by atoms with Gasteiger partial charge in [0.15, 0.2) is 0 Å². The van der Waals surface area contributed by atoms with Crippen molar-refractivity contribution in [3.05, 3.63) is 203 Å². The molecule has 3 aliphatic carbocycles. The molecule has 5 aliphatic rings. The minimum Gasteiger partial charge on any atom is -0.456 e. The van der Waals surface area contributed by atoms with E-state index in [4.69, 9.17) is 4.42 Å². The Morgan fingerprint density at radius 2 is 0.924 bits per heavy atom. The number of hydrogen-bond donors (Lipinski definition) is 0. The Labute approximate surface area is 386 Å². The molecule has 1 aromatic heterocycles. The molecule has 0 fully saturated rings. The fraction of sp³-hybridized carbons (Fsp3) is 0.143. The van der Waals surface area contributed by atoms with Gasteiger partial charge in [0.25, 0.3) is 0 Å². The van der Waals surface area contributed by atoms with Gasteiger partial charge in [-0.05, 0) is 142 Å². The van der Waals surface area contributed by atoms with E-state index in [0.29, 0.717) is 0 Å². The Morgan fingerprint density at radius 3 is 1.62 bits per heavy atom. The third-order valence-electron chi connectivity index (χ3n) is 16.9. The number of nitrogens with zero attached hydrogens (tertiary/aromatic N) is 1. The molecule has 0 N–H and O–H groups in total. The number of fused-ring (bicyclic) bond motifs is 17. The van der Waals surface area contributed by atoms with Crippen molar-refractivity contribution in [3.8, 4) is 55.6 Å². The maximum absolute atomic E-state index is 6.56. The van der Waals surface area contributed by atoms with Crippen molar-refractivity contribution >= 4 is 62.1 Å². The van der Waals surface area contributed by atoms with E-state index in [2.05, 4.69) is 216 Å². The Bertz CT molecular complexity index is 3880. The van der Waals surface area contributed by atoms with Crippen molar-refractivity contribution in [3.63, 3.8) is 0 Å². The molecular formula is C63H46BNO. The summed E-state index contributed by atoms with van der Waals surface area (Å²) in [5.41, 5.74) is 30.8. The highest BCUT2D eigenvalue weighted by Gasteiger charge is 2.48. The van der Waals surface area contributed by atoms with Crippen LogP contribution in [0.3, 0.4) is 0 Å². The largest absolute Gasteiger partial charge is 0.456 e. The normalized spacial score (nSPS) is 16.3. The molecule has 0 spiro atoms. The Kier molecular flexibility index (Phi) is 6.77. The van der Waals surface area contributed by atoms with E-state index in [9.17, 15) is 0 Å². The minimum atomic E-state index is -0.164. The highest BCUT2D eigenvalue weighted by Crippen LogP contribution is 2.56. The lowest BCUT2D eigenvalue weighted by Crippen LogP contribution is -2.55. The molecule has 312 valence electrons. The van der Waals surface area contributed by atoms with E-state index in [-0.39, 0.29) is 23.0 Å². The van der Waals surface area contributed by atoms with E-state index in [1.807, 2.05) is 0 Å². The Balaban J connectivity index is 1.07. The van der Waals surface area contributed by atoms with Gasteiger partial charge in [0.05, 0.1) is 0 Å². The van der Waals surface area contributed by atoms with Crippen LogP contribution >= 0.6 is 0 Å². The van der Waals surface area contributed by atoms with Crippen molar-refractivity contribution < 1.29 is 4.42 Å². The van der Waals surface area contributed by atoms with Crippen LogP contribution in [0.1, 0.15) is 74.9 Å². The van der Waals surface area contributed by atoms with Crippen LogP contribution < -0.4 is 21.3 Å². The Hall–Kier alpha value is -7.36. The van der Waals surface area contributed by atoms with Crippen LogP contribution in [0.2, 0.25) is 0 Å². The van der Waals surface area contributed by atoms with Gasteiger partial charge in [-0.15, -0.1) is 0 Å². The molecule has 0 atom stereocenters. The van der Waals surface area contributed by atoms with Gasteiger partial charge in [0.1, 0.15) is 11.2 Å². The summed E-state index contributed by atoms with van der Waals surface area (Å²) >= 11 is 0. The molecule has 0 radical (unpaired) electrons. The zero-order valence-corrected chi connectivity index (χ0v) is 38.1. The van der Waals surface area contributed by atoms with Gasteiger partial charge < -0.3 is 9.32 Å². The van der Waals surface area contributed by atoms with E-state index in [1.165, 1.54) is 122 Å². The molecular weight excluding hydrogens is 798 g/mol. The molecule has 3 heterocycles. The van der Waals surface area contributed by atoms with Crippen molar-refractivity contribution in [1.82, 2.24) is 0 Å². The lowest BCUT2D eigenvalue weighted by Gasteiger charge is -2.38. The number of hydrogen-bond acceptors (Lipinski definition) is 2. The number of benzene rings is 9. The highest BCUT2D eigenvalue weighted by atomic mass is 16.3. The molecule has 0 bridgehead atoms. The summed E-state index contributed by atoms with van der Waals surface area (Å²) in [6, 6.07) is 65.0. The van der Waals surface area contributed by atoms with Crippen molar-refractivity contribution in [2.24, 2.45) is 0 Å². The Morgan fingerprint density at radius 1 is 0.379 bits per heavy atom. The average Bonchev–Trinajstić information content (AvgIpc) is 4.06. The summed E-state index contributed by atoms with van der Waals surface area (Å²) in [5, 5.41) is 2.31. The van der Waals surface area contributed by atoms with Gasteiger partial charge in [-0.1, -0.05) is 174 Å². The second-order valence-electron chi connectivity index (χ2n) is 21.2. The first-order valence-electron chi connectivity index (χ1n) is 23.7. The van der Waals surface area contributed by atoms with Crippen molar-refractivity contribution in [1.29, 1.82) is 0 Å². The van der Waals surface area contributed by atoms with E-state index in [0.717, 1.165) is 21.9 Å². The first kappa shape index (κ1) is 36.9. The second kappa shape index (κ2) is 12.1. The quantitative estimate of drug-likeness (QED) is 0.161. The molecule has 10 aromatic rings. The van der Waals surface area contributed by atoms with Gasteiger partial charge >= 0.3 is 0 Å². The van der Waals surface area contributed by atoms with E-state index in [1.54, 1.807) is 0 Å².